The highest BCUT2D eigenvalue weighted by Crippen LogP contribution is 2.34. The van der Waals surface area contributed by atoms with Crippen LogP contribution in [0.2, 0.25) is 0 Å². The lowest BCUT2D eigenvalue weighted by Gasteiger charge is -2.15. The molecule has 0 fully saturated rings. The third kappa shape index (κ3) is 2.66. The summed E-state index contributed by atoms with van der Waals surface area (Å²) in [5.41, 5.74) is 0.240. The highest BCUT2D eigenvalue weighted by Gasteiger charge is 2.19. The van der Waals surface area contributed by atoms with Crippen LogP contribution in [0, 0.1) is 17.5 Å². The Balaban J connectivity index is 2.11. The van der Waals surface area contributed by atoms with Crippen molar-refractivity contribution in [3.63, 3.8) is 0 Å². The van der Waals surface area contributed by atoms with Crippen molar-refractivity contribution in [2.45, 2.75) is 6.04 Å². The van der Waals surface area contributed by atoms with Gasteiger partial charge in [0.25, 0.3) is 0 Å². The molecule has 0 saturated heterocycles. The predicted octanol–water partition coefficient (Wildman–Crippen LogP) is 4.63. The van der Waals surface area contributed by atoms with Gasteiger partial charge in [-0.2, -0.15) is 0 Å². The van der Waals surface area contributed by atoms with E-state index in [1.807, 2.05) is 0 Å². The SMILES string of the molecule is CNC(c1cc2cc(F)ccc2s1)c1cc(F)ccc1F. The second kappa shape index (κ2) is 5.50. The largest absolute Gasteiger partial charge is 0.309 e. The molecule has 1 atom stereocenters. The maximum absolute atomic E-state index is 13.9. The molecule has 0 aliphatic rings. The van der Waals surface area contributed by atoms with E-state index in [-0.39, 0.29) is 11.4 Å². The number of halogens is 3. The molecule has 3 aromatic rings. The van der Waals surface area contributed by atoms with E-state index in [2.05, 4.69) is 5.32 Å². The number of thiophene rings is 1. The van der Waals surface area contributed by atoms with Crippen LogP contribution in [0.5, 0.6) is 0 Å². The fourth-order valence-corrected chi connectivity index (χ4v) is 3.54. The summed E-state index contributed by atoms with van der Waals surface area (Å²) in [6, 6.07) is 9.22. The minimum atomic E-state index is -0.487. The van der Waals surface area contributed by atoms with Crippen LogP contribution in [0.1, 0.15) is 16.5 Å². The van der Waals surface area contributed by atoms with E-state index in [9.17, 15) is 13.2 Å². The number of benzene rings is 2. The lowest BCUT2D eigenvalue weighted by molar-refractivity contribution is 0.560. The molecule has 0 saturated carbocycles. The van der Waals surface area contributed by atoms with Crippen LogP contribution in [0.4, 0.5) is 13.2 Å². The summed E-state index contributed by atoms with van der Waals surface area (Å²) < 4.78 is 41.5. The minimum absolute atomic E-state index is 0.240. The monoisotopic (exact) mass is 307 g/mol. The molecule has 1 nitrogen and oxygen atoms in total. The summed E-state index contributed by atoms with van der Waals surface area (Å²) >= 11 is 1.43. The Hall–Kier alpha value is -1.85. The third-order valence-electron chi connectivity index (χ3n) is 3.34. The molecule has 1 unspecified atom stereocenters. The molecule has 1 aromatic heterocycles. The van der Waals surface area contributed by atoms with Crippen LogP contribution in [0.25, 0.3) is 10.1 Å². The van der Waals surface area contributed by atoms with Crippen molar-refractivity contribution < 1.29 is 13.2 Å². The van der Waals surface area contributed by atoms with Crippen molar-refractivity contribution in [2.24, 2.45) is 0 Å². The van der Waals surface area contributed by atoms with Crippen LogP contribution in [0.15, 0.2) is 42.5 Å². The summed E-state index contributed by atoms with van der Waals surface area (Å²) in [6.45, 7) is 0. The minimum Gasteiger partial charge on any atom is -0.309 e. The van der Waals surface area contributed by atoms with Gasteiger partial charge in [-0.1, -0.05) is 0 Å². The molecule has 0 aliphatic heterocycles. The first-order valence-corrected chi connectivity index (χ1v) is 7.21. The van der Waals surface area contributed by atoms with E-state index in [1.165, 1.54) is 29.5 Å². The quantitative estimate of drug-likeness (QED) is 0.744. The maximum atomic E-state index is 13.9. The number of hydrogen-bond donors (Lipinski definition) is 1. The molecule has 5 heteroatoms. The number of hydrogen-bond acceptors (Lipinski definition) is 2. The smallest absolute Gasteiger partial charge is 0.128 e. The predicted molar refractivity (Wildman–Crippen MR) is 79.0 cm³/mol. The Labute approximate surface area is 124 Å². The highest BCUT2D eigenvalue weighted by molar-refractivity contribution is 7.19. The normalized spacial score (nSPS) is 12.8. The maximum Gasteiger partial charge on any atom is 0.128 e. The van der Waals surface area contributed by atoms with Gasteiger partial charge in [-0.25, -0.2) is 13.2 Å². The van der Waals surface area contributed by atoms with Gasteiger partial charge < -0.3 is 5.32 Å². The summed E-state index contributed by atoms with van der Waals surface area (Å²) in [5.74, 6) is -1.28. The number of rotatable bonds is 3. The molecule has 0 bridgehead atoms. The molecule has 1 heterocycles. The first-order valence-electron chi connectivity index (χ1n) is 6.39. The van der Waals surface area contributed by atoms with E-state index in [0.29, 0.717) is 0 Å². The van der Waals surface area contributed by atoms with E-state index >= 15 is 0 Å². The Kier molecular flexibility index (Phi) is 3.69. The van der Waals surface area contributed by atoms with Crippen molar-refractivity contribution in [1.82, 2.24) is 5.32 Å². The molecule has 2 aromatic carbocycles. The average Bonchev–Trinajstić information content (AvgIpc) is 2.86. The summed E-state index contributed by atoms with van der Waals surface area (Å²) in [7, 11) is 1.68. The molecule has 0 amide bonds. The van der Waals surface area contributed by atoms with E-state index in [0.717, 1.165) is 27.1 Å². The zero-order valence-electron chi connectivity index (χ0n) is 11.2. The van der Waals surface area contributed by atoms with Gasteiger partial charge in [-0.15, -0.1) is 11.3 Å². The molecule has 0 radical (unpaired) electrons. The molecule has 21 heavy (non-hydrogen) atoms. The topological polar surface area (TPSA) is 12.0 Å². The molecule has 3 rings (SSSR count). The Morgan fingerprint density at radius 3 is 2.43 bits per heavy atom. The summed E-state index contributed by atoms with van der Waals surface area (Å²) in [6.07, 6.45) is 0. The molecular formula is C16H12F3NS. The fourth-order valence-electron chi connectivity index (χ4n) is 2.36. The van der Waals surface area contributed by atoms with Crippen molar-refractivity contribution in [3.8, 4) is 0 Å². The fraction of sp³-hybridized carbons (Fsp3) is 0.125. The first-order chi connectivity index (χ1) is 10.1. The van der Waals surface area contributed by atoms with Crippen molar-refractivity contribution >= 4 is 21.4 Å². The Bertz CT molecular complexity index is 797. The third-order valence-corrected chi connectivity index (χ3v) is 4.52. The van der Waals surface area contributed by atoms with Gasteiger partial charge in [0.05, 0.1) is 6.04 Å². The van der Waals surface area contributed by atoms with Gasteiger partial charge in [-0.05, 0) is 54.9 Å². The molecule has 0 aliphatic carbocycles. The Morgan fingerprint density at radius 1 is 0.952 bits per heavy atom. The second-order valence-electron chi connectivity index (χ2n) is 4.72. The van der Waals surface area contributed by atoms with Crippen LogP contribution in [-0.2, 0) is 0 Å². The summed E-state index contributed by atoms with van der Waals surface area (Å²) in [5, 5.41) is 3.74. The van der Waals surface area contributed by atoms with Gasteiger partial charge in [0, 0.05) is 15.1 Å². The molecule has 1 N–H and O–H groups in total. The zero-order chi connectivity index (χ0) is 15.0. The van der Waals surface area contributed by atoms with Gasteiger partial charge >= 0.3 is 0 Å². The Morgan fingerprint density at radius 2 is 1.67 bits per heavy atom. The lowest BCUT2D eigenvalue weighted by Crippen LogP contribution is -2.18. The van der Waals surface area contributed by atoms with E-state index < -0.39 is 17.7 Å². The molecule has 0 spiro atoms. The van der Waals surface area contributed by atoms with Gasteiger partial charge in [0.1, 0.15) is 17.5 Å². The standard InChI is InChI=1S/C16H12F3NS/c1-20-16(12-8-11(18)2-4-13(12)19)15-7-9-6-10(17)3-5-14(9)21-15/h2-8,16,20H,1H3. The van der Waals surface area contributed by atoms with Crippen LogP contribution in [0.3, 0.4) is 0 Å². The molecular weight excluding hydrogens is 295 g/mol. The number of fused-ring (bicyclic) bond motifs is 1. The summed E-state index contributed by atoms with van der Waals surface area (Å²) in [4.78, 5) is 0.808. The van der Waals surface area contributed by atoms with Crippen LogP contribution < -0.4 is 5.32 Å². The van der Waals surface area contributed by atoms with Crippen molar-refractivity contribution in [2.75, 3.05) is 7.05 Å². The van der Waals surface area contributed by atoms with Crippen molar-refractivity contribution in [1.29, 1.82) is 0 Å². The van der Waals surface area contributed by atoms with Gasteiger partial charge in [0.15, 0.2) is 0 Å². The average molecular weight is 307 g/mol. The lowest BCUT2D eigenvalue weighted by atomic mass is 10.0. The van der Waals surface area contributed by atoms with Crippen LogP contribution >= 0.6 is 11.3 Å². The first kappa shape index (κ1) is 14.1. The van der Waals surface area contributed by atoms with Crippen molar-refractivity contribution in [3.05, 3.63) is 70.4 Å². The number of nitrogens with one attached hydrogen (secondary N) is 1. The second-order valence-corrected chi connectivity index (χ2v) is 5.83. The van der Waals surface area contributed by atoms with Gasteiger partial charge in [0.2, 0.25) is 0 Å². The van der Waals surface area contributed by atoms with E-state index in [1.54, 1.807) is 19.2 Å². The highest BCUT2D eigenvalue weighted by atomic mass is 32.1. The van der Waals surface area contributed by atoms with Crippen LogP contribution in [-0.4, -0.2) is 7.05 Å². The van der Waals surface area contributed by atoms with E-state index in [4.69, 9.17) is 0 Å². The van der Waals surface area contributed by atoms with Gasteiger partial charge in [-0.3, -0.25) is 0 Å². The zero-order valence-corrected chi connectivity index (χ0v) is 12.0. The molecule has 108 valence electrons.